The number of ether oxygens (including phenoxy) is 1. The van der Waals surface area contributed by atoms with Gasteiger partial charge in [-0.2, -0.15) is 0 Å². The molecule has 1 atom stereocenters. The summed E-state index contributed by atoms with van der Waals surface area (Å²) in [5, 5.41) is 0. The van der Waals surface area contributed by atoms with Crippen molar-refractivity contribution < 1.29 is 9.53 Å². The number of carbonyl (C=O) groups excluding carboxylic acids is 1. The molecule has 1 unspecified atom stereocenters. The van der Waals surface area contributed by atoms with Crippen molar-refractivity contribution >= 4 is 17.0 Å². The average Bonchev–Trinajstić information content (AvgIpc) is 2.78. The minimum Gasteiger partial charge on any atom is -0.465 e. The molecule has 4 nitrogen and oxygen atoms in total. The number of hydrogen-bond acceptors (Lipinski definition) is 3. The van der Waals surface area contributed by atoms with Crippen LogP contribution in [0.1, 0.15) is 50.9 Å². The Morgan fingerprint density at radius 1 is 1.33 bits per heavy atom. The van der Waals surface area contributed by atoms with E-state index in [1.807, 2.05) is 13.8 Å². The predicted molar refractivity (Wildman–Crippen MR) is 84.4 cm³/mol. The molecule has 0 amide bonds. The summed E-state index contributed by atoms with van der Waals surface area (Å²) in [7, 11) is 0. The zero-order valence-corrected chi connectivity index (χ0v) is 13.3. The second kappa shape index (κ2) is 6.74. The maximum Gasteiger partial charge on any atom is 0.316 e. The lowest BCUT2D eigenvalue weighted by atomic mass is 10.1. The van der Waals surface area contributed by atoms with Crippen LogP contribution in [0.2, 0.25) is 0 Å². The van der Waals surface area contributed by atoms with Crippen molar-refractivity contribution in [2.75, 3.05) is 6.61 Å². The highest BCUT2D eigenvalue weighted by atomic mass is 16.5. The molecule has 4 heteroatoms. The van der Waals surface area contributed by atoms with Gasteiger partial charge in [-0.15, -0.1) is 0 Å². The van der Waals surface area contributed by atoms with Gasteiger partial charge in [-0.3, -0.25) is 4.79 Å². The highest BCUT2D eigenvalue weighted by Gasteiger charge is 2.26. The highest BCUT2D eigenvalue weighted by Crippen LogP contribution is 2.26. The zero-order valence-electron chi connectivity index (χ0n) is 13.3. The van der Waals surface area contributed by atoms with Gasteiger partial charge in [-0.05, 0) is 44.4 Å². The van der Waals surface area contributed by atoms with E-state index in [0.717, 1.165) is 29.8 Å². The second-order valence-electron chi connectivity index (χ2n) is 5.33. The summed E-state index contributed by atoms with van der Waals surface area (Å²) in [6, 6.07) is 6.25. The van der Waals surface area contributed by atoms with Crippen molar-refractivity contribution in [2.24, 2.45) is 0 Å². The van der Waals surface area contributed by atoms with Gasteiger partial charge in [0.1, 0.15) is 11.7 Å². The molecular formula is C17H24N2O2. The second-order valence-corrected chi connectivity index (χ2v) is 5.33. The van der Waals surface area contributed by atoms with Crippen molar-refractivity contribution in [3.8, 4) is 0 Å². The van der Waals surface area contributed by atoms with Gasteiger partial charge >= 0.3 is 5.97 Å². The molecule has 0 bridgehead atoms. The highest BCUT2D eigenvalue weighted by molar-refractivity contribution is 5.81. The normalized spacial score (nSPS) is 12.6. The molecule has 1 heterocycles. The Hall–Kier alpha value is -1.84. The summed E-state index contributed by atoms with van der Waals surface area (Å²) in [6.07, 6.45) is 1.70. The molecule has 21 heavy (non-hydrogen) atoms. The number of rotatable bonds is 6. The molecule has 0 fully saturated rings. The van der Waals surface area contributed by atoms with Crippen LogP contribution >= 0.6 is 0 Å². The first kappa shape index (κ1) is 15.5. The van der Waals surface area contributed by atoms with Gasteiger partial charge < -0.3 is 9.30 Å². The van der Waals surface area contributed by atoms with Gasteiger partial charge in [0.2, 0.25) is 0 Å². The van der Waals surface area contributed by atoms with Crippen molar-refractivity contribution in [1.29, 1.82) is 0 Å². The topological polar surface area (TPSA) is 44.1 Å². The molecule has 0 aliphatic rings. The summed E-state index contributed by atoms with van der Waals surface area (Å²) >= 11 is 0. The number of fused-ring (bicyclic) bond motifs is 1. The molecular weight excluding hydrogens is 264 g/mol. The van der Waals surface area contributed by atoms with Gasteiger partial charge in [0, 0.05) is 6.54 Å². The third-order valence-corrected chi connectivity index (χ3v) is 3.67. The van der Waals surface area contributed by atoms with E-state index >= 15 is 0 Å². The van der Waals surface area contributed by atoms with Crippen LogP contribution < -0.4 is 0 Å². The van der Waals surface area contributed by atoms with E-state index in [4.69, 9.17) is 9.72 Å². The summed E-state index contributed by atoms with van der Waals surface area (Å²) in [5.41, 5.74) is 3.24. The minimum atomic E-state index is -0.288. The Kier molecular flexibility index (Phi) is 4.99. The Bertz CT molecular complexity index is 631. The first-order valence-electron chi connectivity index (χ1n) is 7.75. The lowest BCUT2D eigenvalue weighted by Gasteiger charge is -2.15. The molecule has 0 saturated heterocycles. The standard InChI is InChI=1S/C17H24N2O2/c1-5-10-19-15-9-8-12(4)11-14(15)18-16(19)13(6-2)17(20)21-7-3/h8-9,11,13H,5-7,10H2,1-4H3. The molecule has 2 rings (SSSR count). The maximum absolute atomic E-state index is 12.2. The molecule has 0 saturated carbocycles. The van der Waals surface area contributed by atoms with Crippen LogP contribution in [0.3, 0.4) is 0 Å². The van der Waals surface area contributed by atoms with Crippen molar-refractivity contribution in [1.82, 2.24) is 9.55 Å². The molecule has 0 spiro atoms. The van der Waals surface area contributed by atoms with E-state index in [1.54, 1.807) is 0 Å². The van der Waals surface area contributed by atoms with E-state index in [2.05, 4.69) is 36.6 Å². The Morgan fingerprint density at radius 3 is 2.71 bits per heavy atom. The number of aromatic nitrogens is 2. The SMILES string of the molecule is CCCn1c(C(CC)C(=O)OCC)nc2cc(C)ccc21. The number of carbonyl (C=O) groups is 1. The molecule has 0 N–H and O–H groups in total. The maximum atomic E-state index is 12.2. The first-order valence-corrected chi connectivity index (χ1v) is 7.75. The van der Waals surface area contributed by atoms with Gasteiger partial charge in [-0.1, -0.05) is 19.9 Å². The largest absolute Gasteiger partial charge is 0.465 e. The van der Waals surface area contributed by atoms with Crippen LogP contribution in [0.4, 0.5) is 0 Å². The van der Waals surface area contributed by atoms with E-state index in [-0.39, 0.29) is 11.9 Å². The van der Waals surface area contributed by atoms with E-state index in [0.29, 0.717) is 13.0 Å². The zero-order chi connectivity index (χ0) is 15.4. The number of esters is 1. The van der Waals surface area contributed by atoms with Crippen LogP contribution in [0.15, 0.2) is 18.2 Å². The summed E-state index contributed by atoms with van der Waals surface area (Å²) in [5.74, 6) is 0.368. The van der Waals surface area contributed by atoms with E-state index in [9.17, 15) is 4.79 Å². The molecule has 0 radical (unpaired) electrons. The quantitative estimate of drug-likeness (QED) is 0.759. The Balaban J connectivity index is 2.54. The molecule has 1 aromatic heterocycles. The number of hydrogen-bond donors (Lipinski definition) is 0. The van der Waals surface area contributed by atoms with Gasteiger partial charge in [-0.25, -0.2) is 4.98 Å². The predicted octanol–water partition coefficient (Wildman–Crippen LogP) is 3.81. The third-order valence-electron chi connectivity index (χ3n) is 3.67. The smallest absolute Gasteiger partial charge is 0.316 e. The number of nitrogens with zero attached hydrogens (tertiary/aromatic N) is 2. The van der Waals surface area contributed by atoms with Crippen molar-refractivity contribution in [3.63, 3.8) is 0 Å². The fourth-order valence-corrected chi connectivity index (χ4v) is 2.68. The monoisotopic (exact) mass is 288 g/mol. The van der Waals surface area contributed by atoms with Crippen LogP contribution in [0.5, 0.6) is 0 Å². The van der Waals surface area contributed by atoms with E-state index in [1.165, 1.54) is 5.56 Å². The van der Waals surface area contributed by atoms with Crippen LogP contribution in [0.25, 0.3) is 11.0 Å². The van der Waals surface area contributed by atoms with Crippen molar-refractivity contribution in [2.45, 2.75) is 53.0 Å². The fraction of sp³-hybridized carbons (Fsp3) is 0.529. The third kappa shape index (κ3) is 3.09. The molecule has 114 valence electrons. The number of aryl methyl sites for hydroxylation is 2. The van der Waals surface area contributed by atoms with Gasteiger partial charge in [0.25, 0.3) is 0 Å². The van der Waals surface area contributed by atoms with Gasteiger partial charge in [0.05, 0.1) is 17.6 Å². The summed E-state index contributed by atoms with van der Waals surface area (Å²) in [4.78, 5) is 16.9. The number of benzene rings is 1. The van der Waals surface area contributed by atoms with Gasteiger partial charge in [0.15, 0.2) is 0 Å². The summed E-state index contributed by atoms with van der Waals surface area (Å²) < 4.78 is 7.38. The number of imidazole rings is 1. The molecule has 0 aliphatic carbocycles. The minimum absolute atomic E-state index is 0.176. The molecule has 2 aromatic rings. The first-order chi connectivity index (χ1) is 10.1. The van der Waals surface area contributed by atoms with Crippen LogP contribution in [-0.2, 0) is 16.1 Å². The fourth-order valence-electron chi connectivity index (χ4n) is 2.68. The Labute approximate surface area is 126 Å². The molecule has 0 aliphatic heterocycles. The summed E-state index contributed by atoms with van der Waals surface area (Å²) in [6.45, 7) is 9.30. The molecule has 1 aromatic carbocycles. The lowest BCUT2D eigenvalue weighted by molar-refractivity contribution is -0.145. The van der Waals surface area contributed by atoms with Crippen LogP contribution in [-0.4, -0.2) is 22.1 Å². The van der Waals surface area contributed by atoms with E-state index < -0.39 is 0 Å². The average molecular weight is 288 g/mol. The van der Waals surface area contributed by atoms with Crippen molar-refractivity contribution in [3.05, 3.63) is 29.6 Å². The van der Waals surface area contributed by atoms with Crippen LogP contribution in [0, 0.1) is 6.92 Å². The Morgan fingerprint density at radius 2 is 2.10 bits per heavy atom. The lowest BCUT2D eigenvalue weighted by Crippen LogP contribution is -2.19.